The van der Waals surface area contributed by atoms with Gasteiger partial charge in [0, 0.05) is 38.4 Å². The number of carbonyl (C=O) groups is 3. The molecule has 3 aliphatic heterocycles. The van der Waals surface area contributed by atoms with Crippen LogP contribution >= 0.6 is 0 Å². The molecule has 0 saturated carbocycles. The standard InChI is InChI=1S/C41H67NO15/c1-11-17-52-36-32(42(7)8)34(48)40(57-39(36)49)56-35-24(5)29(45)20-31(46)55-30(12-2)27(18-22(3)13-14-28(44)23(4)19-26(35)15-16-43)21-53-41-38(51-10)37(50-9)33(47)25(6)54-41/h11,13-14,16,18,23-27,29-30,32-41,45,47-49H,1,12,15,17,19-21H2,2-10H3/b14-13+,22-18+/t23-,24+,25-,26+,27-,29-,30-,32-,33-,34-,35-,36+,37-,38-,39+,40-,41-/m1/s1. The topological polar surface area (TPSA) is 209 Å². The number of methoxy groups -OCH3 is 2. The molecule has 0 radical (unpaired) electrons. The number of aliphatic hydroxyl groups is 4. The lowest BCUT2D eigenvalue weighted by Crippen LogP contribution is -2.64. The maximum atomic E-state index is 13.6. The van der Waals surface area contributed by atoms with Crippen LogP contribution in [0.3, 0.4) is 0 Å². The largest absolute Gasteiger partial charge is 0.462 e. The van der Waals surface area contributed by atoms with Gasteiger partial charge in [0.15, 0.2) is 24.7 Å². The van der Waals surface area contributed by atoms with E-state index in [1.54, 1.807) is 52.8 Å². The first-order valence-corrected chi connectivity index (χ1v) is 19.8. The number of carbonyl (C=O) groups excluding carboxylic acids is 3. The van der Waals surface area contributed by atoms with E-state index in [4.69, 9.17) is 37.9 Å². The number of ketones is 1. The van der Waals surface area contributed by atoms with Crippen molar-refractivity contribution in [2.24, 2.45) is 23.7 Å². The SMILES string of the molecule is C=CCO[C@H]1[C@H](N(C)C)[C@@H](O)[C@H](O[C@H]2[C@@H](CC=O)C[C@@H](C)C(=O)/C=C/C(C)=C/[C@H](CO[C@@H]3O[C@H](C)[C@@H](O)[C@@H](OC)[C@H]3OC)[C@@H](CC)OC(=O)C[C@@H](O)[C@@H]2C)O[C@@H]1O. The molecule has 3 rings (SSSR count). The summed E-state index contributed by atoms with van der Waals surface area (Å²) in [5.74, 6) is -3.62. The maximum Gasteiger partial charge on any atom is 0.308 e. The Morgan fingerprint density at radius 2 is 1.61 bits per heavy atom. The summed E-state index contributed by atoms with van der Waals surface area (Å²) in [6.45, 7) is 12.4. The Bertz CT molecular complexity index is 1340. The second-order valence-electron chi connectivity index (χ2n) is 15.6. The second-order valence-corrected chi connectivity index (χ2v) is 15.6. The van der Waals surface area contributed by atoms with E-state index in [-0.39, 0.29) is 31.8 Å². The summed E-state index contributed by atoms with van der Waals surface area (Å²) >= 11 is 0. The number of hydrogen-bond acceptors (Lipinski definition) is 16. The number of hydrogen-bond donors (Lipinski definition) is 4. The van der Waals surface area contributed by atoms with Crippen molar-refractivity contribution < 1.29 is 72.7 Å². The molecule has 57 heavy (non-hydrogen) atoms. The van der Waals surface area contributed by atoms with E-state index in [2.05, 4.69) is 6.58 Å². The highest BCUT2D eigenvalue weighted by molar-refractivity contribution is 5.91. The molecule has 0 bridgehead atoms. The van der Waals surface area contributed by atoms with Crippen LogP contribution in [0, 0.1) is 23.7 Å². The smallest absolute Gasteiger partial charge is 0.308 e. The molecule has 2 saturated heterocycles. The lowest BCUT2D eigenvalue weighted by atomic mass is 9.79. The lowest BCUT2D eigenvalue weighted by Gasteiger charge is -2.47. The minimum Gasteiger partial charge on any atom is -0.462 e. The third-order valence-corrected chi connectivity index (χ3v) is 11.2. The first-order chi connectivity index (χ1) is 27.0. The van der Waals surface area contributed by atoms with Gasteiger partial charge in [-0.15, -0.1) is 6.58 Å². The number of ether oxygens (including phenoxy) is 8. The average Bonchev–Trinajstić information content (AvgIpc) is 3.16. The monoisotopic (exact) mass is 813 g/mol. The molecule has 0 aromatic heterocycles. The molecule has 0 spiro atoms. The van der Waals surface area contributed by atoms with Crippen molar-refractivity contribution in [2.75, 3.05) is 41.5 Å². The van der Waals surface area contributed by atoms with Crippen LogP contribution in [-0.2, 0) is 52.3 Å². The van der Waals surface area contributed by atoms with E-state index < -0.39 is 116 Å². The highest BCUT2D eigenvalue weighted by Gasteiger charge is 2.50. The van der Waals surface area contributed by atoms with Crippen molar-refractivity contribution in [3.63, 3.8) is 0 Å². The van der Waals surface area contributed by atoms with Crippen LogP contribution in [0.25, 0.3) is 0 Å². The van der Waals surface area contributed by atoms with Crippen LogP contribution in [0.2, 0.25) is 0 Å². The Morgan fingerprint density at radius 1 is 0.930 bits per heavy atom. The summed E-state index contributed by atoms with van der Waals surface area (Å²) in [6, 6.07) is -0.795. The summed E-state index contributed by atoms with van der Waals surface area (Å²) < 4.78 is 47.2. The average molecular weight is 814 g/mol. The summed E-state index contributed by atoms with van der Waals surface area (Å²) in [5.41, 5.74) is 0.685. The number of esters is 1. The van der Waals surface area contributed by atoms with Gasteiger partial charge in [0.1, 0.15) is 42.9 Å². The zero-order chi connectivity index (χ0) is 42.6. The van der Waals surface area contributed by atoms with E-state index in [1.165, 1.54) is 26.4 Å². The summed E-state index contributed by atoms with van der Waals surface area (Å²) in [7, 11) is 6.33. The molecule has 0 aliphatic carbocycles. The van der Waals surface area contributed by atoms with Crippen LogP contribution in [0.5, 0.6) is 0 Å². The third kappa shape index (κ3) is 13.0. The normalized spacial score (nSPS) is 41.9. The van der Waals surface area contributed by atoms with Crippen molar-refractivity contribution in [3.05, 3.63) is 36.5 Å². The van der Waals surface area contributed by atoms with Crippen LogP contribution < -0.4 is 0 Å². The number of aldehydes is 1. The van der Waals surface area contributed by atoms with Gasteiger partial charge in [-0.2, -0.15) is 0 Å². The summed E-state index contributed by atoms with van der Waals surface area (Å²) in [5, 5.41) is 44.8. The highest BCUT2D eigenvalue weighted by Crippen LogP contribution is 2.35. The van der Waals surface area contributed by atoms with Crippen LogP contribution in [0.15, 0.2) is 36.5 Å². The fourth-order valence-electron chi connectivity index (χ4n) is 7.91. The van der Waals surface area contributed by atoms with Gasteiger partial charge in [-0.05, 0) is 52.8 Å². The number of rotatable bonds is 14. The van der Waals surface area contributed by atoms with E-state index in [0.29, 0.717) is 18.3 Å². The Hall–Kier alpha value is -2.45. The molecule has 16 nitrogen and oxygen atoms in total. The van der Waals surface area contributed by atoms with E-state index in [0.717, 1.165) is 0 Å². The van der Waals surface area contributed by atoms with E-state index in [1.807, 2.05) is 13.0 Å². The van der Waals surface area contributed by atoms with Gasteiger partial charge in [-0.25, -0.2) is 0 Å². The number of aliphatic hydroxyl groups excluding tert-OH is 4. The molecule has 3 aliphatic rings. The van der Waals surface area contributed by atoms with Gasteiger partial charge in [-0.3, -0.25) is 9.59 Å². The molecule has 0 unspecified atom stereocenters. The first-order valence-electron chi connectivity index (χ1n) is 19.8. The molecular formula is C41H67NO15. The second kappa shape index (κ2) is 23.4. The minimum atomic E-state index is -1.53. The number of allylic oxidation sites excluding steroid dienone is 3. The third-order valence-electron chi connectivity index (χ3n) is 11.2. The summed E-state index contributed by atoms with van der Waals surface area (Å²) in [6.07, 6.45) is -5.30. The van der Waals surface area contributed by atoms with E-state index >= 15 is 0 Å². The maximum absolute atomic E-state index is 13.6. The number of cyclic esters (lactones) is 1. The Morgan fingerprint density at radius 3 is 2.21 bits per heavy atom. The van der Waals surface area contributed by atoms with Crippen molar-refractivity contribution in [3.8, 4) is 0 Å². The number of likely N-dealkylation sites (N-methyl/N-ethyl adjacent to an activating group) is 1. The van der Waals surface area contributed by atoms with Gasteiger partial charge in [-0.1, -0.05) is 44.6 Å². The summed E-state index contributed by atoms with van der Waals surface area (Å²) in [4.78, 5) is 41.0. The minimum absolute atomic E-state index is 0.00364. The van der Waals surface area contributed by atoms with Gasteiger partial charge < -0.3 is 68.0 Å². The van der Waals surface area contributed by atoms with E-state index in [9.17, 15) is 34.8 Å². The van der Waals surface area contributed by atoms with Gasteiger partial charge in [0.05, 0.1) is 44.0 Å². The van der Waals surface area contributed by atoms with Gasteiger partial charge in [0.2, 0.25) is 0 Å². The van der Waals surface area contributed by atoms with Gasteiger partial charge in [0.25, 0.3) is 0 Å². The molecule has 3 heterocycles. The molecule has 326 valence electrons. The fourth-order valence-corrected chi connectivity index (χ4v) is 7.91. The predicted octanol–water partition coefficient (Wildman–Crippen LogP) is 1.70. The van der Waals surface area contributed by atoms with Crippen molar-refractivity contribution in [2.45, 2.75) is 140 Å². The Balaban J connectivity index is 1.97. The molecular weight excluding hydrogens is 746 g/mol. The van der Waals surface area contributed by atoms with Crippen molar-refractivity contribution in [1.82, 2.24) is 4.90 Å². The van der Waals surface area contributed by atoms with Crippen LogP contribution in [0.4, 0.5) is 0 Å². The highest BCUT2D eigenvalue weighted by atomic mass is 16.8. The van der Waals surface area contributed by atoms with Crippen LogP contribution in [0.1, 0.15) is 60.3 Å². The van der Waals surface area contributed by atoms with Crippen molar-refractivity contribution >= 4 is 18.0 Å². The van der Waals surface area contributed by atoms with Gasteiger partial charge >= 0.3 is 5.97 Å². The molecule has 0 aromatic rings. The van der Waals surface area contributed by atoms with Crippen molar-refractivity contribution in [1.29, 1.82) is 0 Å². The molecule has 0 amide bonds. The molecule has 4 N–H and O–H groups in total. The molecule has 0 aromatic carbocycles. The molecule has 2 fully saturated rings. The predicted molar refractivity (Wildman–Crippen MR) is 206 cm³/mol. The fraction of sp³-hybridized carbons (Fsp3) is 0.780. The van der Waals surface area contributed by atoms with Crippen LogP contribution in [-0.4, -0.2) is 165 Å². The number of nitrogens with zero attached hydrogens (tertiary/aromatic N) is 1. The first kappa shape index (κ1) is 48.9. The Labute approximate surface area is 337 Å². The molecule has 16 heteroatoms. The zero-order valence-corrected chi connectivity index (χ0v) is 34.9. The zero-order valence-electron chi connectivity index (χ0n) is 34.9. The lowest BCUT2D eigenvalue weighted by molar-refractivity contribution is -0.349. The molecule has 17 atom stereocenters. The quantitative estimate of drug-likeness (QED) is 0.112. The Kier molecular flexibility index (Phi) is 20.1.